The molecule has 0 saturated carbocycles. The maximum Gasteiger partial charge on any atom is 0.261 e. The molecule has 0 atom stereocenters. The molecule has 0 radical (unpaired) electrons. The summed E-state index contributed by atoms with van der Waals surface area (Å²) in [6.45, 7) is 5.69. The Labute approximate surface area is 170 Å². The number of nitrogens with zero attached hydrogens (tertiary/aromatic N) is 2. The molecule has 0 saturated heterocycles. The number of aromatic nitrogens is 3. The van der Waals surface area contributed by atoms with E-state index in [0.29, 0.717) is 10.4 Å². The van der Waals surface area contributed by atoms with Crippen molar-refractivity contribution in [2.75, 3.05) is 0 Å². The highest BCUT2D eigenvalue weighted by molar-refractivity contribution is 7.20. The second-order valence-corrected chi connectivity index (χ2v) is 7.96. The third-order valence-electron chi connectivity index (χ3n) is 4.76. The van der Waals surface area contributed by atoms with Crippen molar-refractivity contribution in [2.45, 2.75) is 27.3 Å². The van der Waals surface area contributed by atoms with Crippen LogP contribution in [0.15, 0.2) is 41.2 Å². The number of halogens is 1. The third kappa shape index (κ3) is 3.58. The topological polar surface area (TPSA) is 79.8 Å². The Bertz CT molecular complexity index is 1280. The van der Waals surface area contributed by atoms with Gasteiger partial charge in [0.05, 0.1) is 16.3 Å². The lowest BCUT2D eigenvalue weighted by Gasteiger charge is -2.07. The van der Waals surface area contributed by atoms with Crippen molar-refractivity contribution in [3.63, 3.8) is 0 Å². The van der Waals surface area contributed by atoms with Crippen molar-refractivity contribution in [3.05, 3.63) is 80.0 Å². The van der Waals surface area contributed by atoms with Crippen molar-refractivity contribution in [2.24, 2.45) is 0 Å². The summed E-state index contributed by atoms with van der Waals surface area (Å²) in [7, 11) is 0. The van der Waals surface area contributed by atoms with Crippen molar-refractivity contribution in [1.29, 1.82) is 0 Å². The SMILES string of the molecule is Cc1cc(C)c(CNC(=O)c2cc3c(C)nn(-c4ccc(F)cc4)c3s2)c(=O)[nH]1. The van der Waals surface area contributed by atoms with Crippen LogP contribution in [0, 0.1) is 26.6 Å². The average molecular weight is 410 g/mol. The maximum absolute atomic E-state index is 13.2. The van der Waals surface area contributed by atoms with Crippen LogP contribution in [0.5, 0.6) is 0 Å². The predicted molar refractivity (Wildman–Crippen MR) is 111 cm³/mol. The van der Waals surface area contributed by atoms with Crippen molar-refractivity contribution in [3.8, 4) is 5.69 Å². The van der Waals surface area contributed by atoms with Crippen LogP contribution in [0.3, 0.4) is 0 Å². The Balaban J connectivity index is 1.61. The number of aryl methyl sites for hydroxylation is 3. The molecule has 8 heteroatoms. The molecule has 2 N–H and O–H groups in total. The summed E-state index contributed by atoms with van der Waals surface area (Å²) in [6.07, 6.45) is 0. The van der Waals surface area contributed by atoms with Gasteiger partial charge in [-0.2, -0.15) is 5.10 Å². The van der Waals surface area contributed by atoms with Crippen molar-refractivity contribution in [1.82, 2.24) is 20.1 Å². The first-order valence-electron chi connectivity index (χ1n) is 9.06. The molecule has 0 fully saturated rings. The Hall–Kier alpha value is -3.26. The number of nitrogens with one attached hydrogen (secondary N) is 2. The summed E-state index contributed by atoms with van der Waals surface area (Å²) in [6, 6.07) is 9.72. The van der Waals surface area contributed by atoms with Crippen LogP contribution >= 0.6 is 11.3 Å². The van der Waals surface area contributed by atoms with E-state index >= 15 is 0 Å². The molecular weight excluding hydrogens is 391 g/mol. The van der Waals surface area contributed by atoms with E-state index in [2.05, 4.69) is 15.4 Å². The minimum absolute atomic E-state index is 0.150. The number of rotatable bonds is 4. The smallest absolute Gasteiger partial charge is 0.261 e. The van der Waals surface area contributed by atoms with Gasteiger partial charge in [0.1, 0.15) is 10.6 Å². The molecule has 1 amide bonds. The van der Waals surface area contributed by atoms with E-state index in [0.717, 1.165) is 32.9 Å². The Morgan fingerprint density at radius 2 is 1.93 bits per heavy atom. The summed E-state index contributed by atoms with van der Waals surface area (Å²) < 4.78 is 14.9. The largest absolute Gasteiger partial charge is 0.347 e. The first kappa shape index (κ1) is 19.1. The number of pyridine rings is 1. The lowest BCUT2D eigenvalue weighted by Crippen LogP contribution is -2.27. The molecule has 29 heavy (non-hydrogen) atoms. The number of hydrogen-bond donors (Lipinski definition) is 2. The Kier molecular flexibility index (Phi) is 4.79. The Morgan fingerprint density at radius 3 is 2.62 bits per heavy atom. The van der Waals surface area contributed by atoms with Gasteiger partial charge >= 0.3 is 0 Å². The number of aromatic amines is 1. The van der Waals surface area contributed by atoms with Crippen LogP contribution < -0.4 is 10.9 Å². The number of carbonyl (C=O) groups is 1. The maximum atomic E-state index is 13.2. The number of benzene rings is 1. The summed E-state index contributed by atoms with van der Waals surface area (Å²) in [5.41, 5.74) is 3.48. The number of H-pyrrole nitrogens is 1. The van der Waals surface area contributed by atoms with Gasteiger partial charge in [0.15, 0.2) is 0 Å². The van der Waals surface area contributed by atoms with Crippen LogP contribution in [0.2, 0.25) is 0 Å². The zero-order valence-corrected chi connectivity index (χ0v) is 17.0. The average Bonchev–Trinajstić information content (AvgIpc) is 3.22. The molecular formula is C21H19FN4O2S. The molecule has 6 nitrogen and oxygen atoms in total. The van der Waals surface area contributed by atoms with E-state index in [1.807, 2.05) is 26.8 Å². The number of carbonyl (C=O) groups excluding carboxylic acids is 1. The number of hydrogen-bond acceptors (Lipinski definition) is 4. The summed E-state index contributed by atoms with van der Waals surface area (Å²) in [5, 5.41) is 8.20. The molecule has 4 aromatic rings. The highest BCUT2D eigenvalue weighted by Crippen LogP contribution is 2.30. The second kappa shape index (κ2) is 7.29. The summed E-state index contributed by atoms with van der Waals surface area (Å²) >= 11 is 1.31. The van der Waals surface area contributed by atoms with Gasteiger partial charge in [-0.25, -0.2) is 9.07 Å². The molecule has 0 aliphatic rings. The molecule has 1 aromatic carbocycles. The summed E-state index contributed by atoms with van der Waals surface area (Å²) in [5.74, 6) is -0.572. The molecule has 0 unspecified atom stereocenters. The first-order valence-corrected chi connectivity index (χ1v) is 9.88. The van der Waals surface area contributed by atoms with E-state index in [1.165, 1.54) is 23.5 Å². The lowest BCUT2D eigenvalue weighted by molar-refractivity contribution is 0.0955. The number of fused-ring (bicyclic) bond motifs is 1. The van der Waals surface area contributed by atoms with E-state index in [1.54, 1.807) is 22.9 Å². The van der Waals surface area contributed by atoms with E-state index in [4.69, 9.17) is 0 Å². The fourth-order valence-corrected chi connectivity index (χ4v) is 4.37. The molecule has 0 aliphatic heterocycles. The van der Waals surface area contributed by atoms with Gasteiger partial charge < -0.3 is 10.3 Å². The van der Waals surface area contributed by atoms with Crippen LogP contribution in [0.4, 0.5) is 4.39 Å². The lowest BCUT2D eigenvalue weighted by atomic mass is 10.1. The van der Waals surface area contributed by atoms with E-state index in [-0.39, 0.29) is 23.8 Å². The molecule has 4 rings (SSSR count). The summed E-state index contributed by atoms with van der Waals surface area (Å²) in [4.78, 5) is 28.9. The minimum Gasteiger partial charge on any atom is -0.347 e. The fourth-order valence-electron chi connectivity index (χ4n) is 3.27. The second-order valence-electron chi connectivity index (χ2n) is 6.93. The number of thiophene rings is 1. The highest BCUT2D eigenvalue weighted by Gasteiger charge is 2.18. The van der Waals surface area contributed by atoms with Gasteiger partial charge in [-0.15, -0.1) is 11.3 Å². The molecule has 3 aromatic heterocycles. The molecule has 0 aliphatic carbocycles. The van der Waals surface area contributed by atoms with Crippen LogP contribution in [0.1, 0.15) is 32.2 Å². The van der Waals surface area contributed by atoms with Gasteiger partial charge in [0.2, 0.25) is 0 Å². The molecule has 0 bridgehead atoms. The fraction of sp³-hybridized carbons (Fsp3) is 0.190. The zero-order chi connectivity index (χ0) is 20.7. The minimum atomic E-state index is -0.318. The standard InChI is InChI=1S/C21H19FN4O2S/c1-11-8-12(2)24-19(27)17(11)10-23-20(28)18-9-16-13(3)25-26(21(16)29-18)15-6-4-14(22)5-7-15/h4-9H,10H2,1-3H3,(H,23,28)(H,24,27). The van der Waals surface area contributed by atoms with Crippen molar-refractivity contribution >= 4 is 27.5 Å². The predicted octanol–water partition coefficient (Wildman–Crippen LogP) is 3.77. The molecule has 148 valence electrons. The van der Waals surface area contributed by atoms with Gasteiger partial charge in [-0.1, -0.05) is 0 Å². The van der Waals surface area contributed by atoms with E-state index < -0.39 is 0 Å². The third-order valence-corrected chi connectivity index (χ3v) is 5.87. The first-order chi connectivity index (χ1) is 13.8. The quantitative estimate of drug-likeness (QED) is 0.538. The Morgan fingerprint density at radius 1 is 1.21 bits per heavy atom. The van der Waals surface area contributed by atoms with Crippen molar-refractivity contribution < 1.29 is 9.18 Å². The molecule has 0 spiro atoms. The van der Waals surface area contributed by atoms with Crippen LogP contribution in [-0.2, 0) is 6.54 Å². The van der Waals surface area contributed by atoms with Gasteiger partial charge in [-0.3, -0.25) is 9.59 Å². The number of amides is 1. The molecule has 3 heterocycles. The van der Waals surface area contributed by atoms with Gasteiger partial charge in [-0.05, 0) is 62.7 Å². The normalized spacial score (nSPS) is 11.2. The van der Waals surface area contributed by atoms with Crippen LogP contribution in [0.25, 0.3) is 15.9 Å². The monoisotopic (exact) mass is 410 g/mol. The van der Waals surface area contributed by atoms with Gasteiger partial charge in [0.25, 0.3) is 11.5 Å². The van der Waals surface area contributed by atoms with Crippen LogP contribution in [-0.4, -0.2) is 20.7 Å². The highest BCUT2D eigenvalue weighted by atomic mass is 32.1. The zero-order valence-electron chi connectivity index (χ0n) is 16.2. The van der Waals surface area contributed by atoms with E-state index in [9.17, 15) is 14.0 Å². The van der Waals surface area contributed by atoms with Gasteiger partial charge in [0, 0.05) is 23.2 Å².